The number of sulfone groups is 1. The molecule has 0 aliphatic carbocycles. The van der Waals surface area contributed by atoms with Crippen LogP contribution in [0, 0.1) is 10.1 Å². The van der Waals surface area contributed by atoms with Crippen molar-refractivity contribution in [2.45, 2.75) is 11.4 Å². The van der Waals surface area contributed by atoms with Crippen molar-refractivity contribution in [3.63, 3.8) is 0 Å². The predicted molar refractivity (Wildman–Crippen MR) is 104 cm³/mol. The highest BCUT2D eigenvalue weighted by Gasteiger charge is 2.26. The Hall–Kier alpha value is -3.13. The fourth-order valence-electron chi connectivity index (χ4n) is 3.03. The van der Waals surface area contributed by atoms with E-state index in [0.29, 0.717) is 5.75 Å². The second-order valence-corrected chi connectivity index (χ2v) is 7.99. The van der Waals surface area contributed by atoms with Crippen molar-refractivity contribution in [2.75, 3.05) is 18.7 Å². The van der Waals surface area contributed by atoms with E-state index in [2.05, 4.69) is 5.32 Å². The van der Waals surface area contributed by atoms with Gasteiger partial charge in [0.1, 0.15) is 16.3 Å². The standard InChI is InChI=1S/C19H18N2O5S/c1-26-17-11-10-13-6-3-4-7-14(13)15(17)12-20-16-8-5-9-18(27(2,24)25)19(16)21(22)23/h3-11,20H,12H2,1-2H3. The maximum Gasteiger partial charge on any atom is 0.310 e. The van der Waals surface area contributed by atoms with Crippen LogP contribution in [0.1, 0.15) is 5.56 Å². The molecule has 0 unspecified atom stereocenters. The Bertz CT molecular complexity index is 1130. The summed E-state index contributed by atoms with van der Waals surface area (Å²) in [6.45, 7) is 0.235. The number of fused-ring (bicyclic) bond motifs is 1. The van der Waals surface area contributed by atoms with Gasteiger partial charge in [0, 0.05) is 18.4 Å². The second-order valence-electron chi connectivity index (χ2n) is 6.00. The van der Waals surface area contributed by atoms with E-state index in [1.165, 1.54) is 18.2 Å². The van der Waals surface area contributed by atoms with Gasteiger partial charge in [-0.25, -0.2) is 8.42 Å². The molecule has 3 rings (SSSR count). The van der Waals surface area contributed by atoms with Gasteiger partial charge in [-0.2, -0.15) is 0 Å². The summed E-state index contributed by atoms with van der Waals surface area (Å²) in [4.78, 5) is 10.5. The molecule has 0 aliphatic heterocycles. The molecule has 8 heteroatoms. The fourth-order valence-corrected chi connectivity index (χ4v) is 3.89. The van der Waals surface area contributed by atoms with E-state index in [4.69, 9.17) is 4.74 Å². The summed E-state index contributed by atoms with van der Waals surface area (Å²) in [6.07, 6.45) is 0.951. The van der Waals surface area contributed by atoms with Gasteiger partial charge in [0.2, 0.25) is 0 Å². The number of hydrogen-bond acceptors (Lipinski definition) is 6. The van der Waals surface area contributed by atoms with Gasteiger partial charge in [-0.3, -0.25) is 10.1 Å². The minimum absolute atomic E-state index is 0.137. The Kier molecular flexibility index (Phi) is 5.00. The number of benzene rings is 3. The molecule has 3 aromatic rings. The third kappa shape index (κ3) is 3.70. The number of rotatable bonds is 6. The Morgan fingerprint density at radius 3 is 2.48 bits per heavy atom. The smallest absolute Gasteiger partial charge is 0.310 e. The summed E-state index contributed by atoms with van der Waals surface area (Å²) in [5, 5.41) is 16.5. The van der Waals surface area contributed by atoms with E-state index < -0.39 is 20.4 Å². The molecule has 0 radical (unpaired) electrons. The lowest BCUT2D eigenvalue weighted by molar-refractivity contribution is -0.386. The second kappa shape index (κ2) is 7.24. The van der Waals surface area contributed by atoms with Crippen molar-refractivity contribution < 1.29 is 18.1 Å². The number of nitrogens with zero attached hydrogens (tertiary/aromatic N) is 1. The average Bonchev–Trinajstić information content (AvgIpc) is 2.64. The number of para-hydroxylation sites is 1. The molecule has 7 nitrogen and oxygen atoms in total. The van der Waals surface area contributed by atoms with Crippen molar-refractivity contribution in [1.29, 1.82) is 0 Å². The van der Waals surface area contributed by atoms with Crippen molar-refractivity contribution in [2.24, 2.45) is 0 Å². The van der Waals surface area contributed by atoms with Gasteiger partial charge in [0.25, 0.3) is 0 Å². The molecule has 0 heterocycles. The first kappa shape index (κ1) is 18.7. The van der Waals surface area contributed by atoms with Crippen LogP contribution in [0.25, 0.3) is 10.8 Å². The third-order valence-electron chi connectivity index (χ3n) is 4.25. The summed E-state index contributed by atoms with van der Waals surface area (Å²) >= 11 is 0. The molecule has 0 amide bonds. The number of hydrogen-bond donors (Lipinski definition) is 1. The lowest BCUT2D eigenvalue weighted by Crippen LogP contribution is -2.08. The van der Waals surface area contributed by atoms with Crippen LogP contribution in [0.3, 0.4) is 0 Å². The molecule has 0 bridgehead atoms. The van der Waals surface area contributed by atoms with Crippen LogP contribution < -0.4 is 10.1 Å². The van der Waals surface area contributed by atoms with Gasteiger partial charge in [-0.15, -0.1) is 0 Å². The minimum atomic E-state index is -3.74. The maximum absolute atomic E-state index is 11.9. The highest BCUT2D eigenvalue weighted by atomic mass is 32.2. The Balaban J connectivity index is 2.06. The molecule has 0 saturated heterocycles. The SMILES string of the molecule is COc1ccc2ccccc2c1CNc1cccc(S(C)(=O)=O)c1[N+](=O)[O-]. The number of methoxy groups -OCH3 is 1. The Morgan fingerprint density at radius 2 is 1.81 bits per heavy atom. The average molecular weight is 386 g/mol. The molecule has 0 aromatic heterocycles. The molecular formula is C19H18N2O5S. The Labute approximate surface area is 156 Å². The van der Waals surface area contributed by atoms with E-state index in [-0.39, 0.29) is 17.1 Å². The predicted octanol–water partition coefficient (Wildman–Crippen LogP) is 3.77. The third-order valence-corrected chi connectivity index (χ3v) is 5.38. The summed E-state index contributed by atoms with van der Waals surface area (Å²) in [6, 6.07) is 15.7. The zero-order valence-corrected chi connectivity index (χ0v) is 15.6. The molecule has 3 aromatic carbocycles. The van der Waals surface area contributed by atoms with E-state index >= 15 is 0 Å². The zero-order valence-electron chi connectivity index (χ0n) is 14.8. The van der Waals surface area contributed by atoms with Crippen molar-refractivity contribution >= 4 is 32.0 Å². The normalized spacial score (nSPS) is 11.3. The molecule has 0 aliphatic rings. The first-order valence-electron chi connectivity index (χ1n) is 8.09. The molecule has 0 atom stereocenters. The van der Waals surface area contributed by atoms with E-state index in [9.17, 15) is 18.5 Å². The monoisotopic (exact) mass is 386 g/mol. The highest BCUT2D eigenvalue weighted by molar-refractivity contribution is 7.90. The van der Waals surface area contributed by atoms with Crippen LogP contribution in [0.15, 0.2) is 59.5 Å². The molecule has 1 N–H and O–H groups in total. The van der Waals surface area contributed by atoms with Crippen LogP contribution in [0.4, 0.5) is 11.4 Å². The number of anilines is 1. The van der Waals surface area contributed by atoms with Crippen LogP contribution in [0.5, 0.6) is 5.75 Å². The van der Waals surface area contributed by atoms with Crippen molar-refractivity contribution in [3.8, 4) is 5.75 Å². The van der Waals surface area contributed by atoms with E-state index in [1.807, 2.05) is 36.4 Å². The summed E-state index contributed by atoms with van der Waals surface area (Å²) in [5.74, 6) is 0.642. The summed E-state index contributed by atoms with van der Waals surface area (Å²) < 4.78 is 29.2. The zero-order chi connectivity index (χ0) is 19.6. The summed E-state index contributed by atoms with van der Waals surface area (Å²) in [5.41, 5.74) is 0.506. The van der Waals surface area contributed by atoms with Gasteiger partial charge in [0.05, 0.1) is 12.0 Å². The van der Waals surface area contributed by atoms with Crippen LogP contribution in [0.2, 0.25) is 0 Å². The number of nitro benzene ring substituents is 1. The van der Waals surface area contributed by atoms with E-state index in [1.54, 1.807) is 7.11 Å². The lowest BCUT2D eigenvalue weighted by atomic mass is 10.0. The first-order chi connectivity index (χ1) is 12.8. The number of nitro groups is 1. The molecular weight excluding hydrogens is 368 g/mol. The summed E-state index contributed by atoms with van der Waals surface area (Å²) in [7, 11) is -2.18. The van der Waals surface area contributed by atoms with Gasteiger partial charge in [-0.05, 0) is 29.0 Å². The molecule has 27 heavy (non-hydrogen) atoms. The topological polar surface area (TPSA) is 98.5 Å². The fraction of sp³-hybridized carbons (Fsp3) is 0.158. The van der Waals surface area contributed by atoms with Gasteiger partial charge < -0.3 is 10.1 Å². The highest BCUT2D eigenvalue weighted by Crippen LogP contribution is 2.34. The minimum Gasteiger partial charge on any atom is -0.496 e. The molecule has 0 saturated carbocycles. The van der Waals surface area contributed by atoms with E-state index in [0.717, 1.165) is 22.6 Å². The molecule has 0 fully saturated rings. The van der Waals surface area contributed by atoms with Crippen LogP contribution in [-0.2, 0) is 16.4 Å². The van der Waals surface area contributed by atoms with Crippen LogP contribution in [-0.4, -0.2) is 26.7 Å². The number of ether oxygens (including phenoxy) is 1. The van der Waals surface area contributed by atoms with Crippen molar-refractivity contribution in [1.82, 2.24) is 0 Å². The quantitative estimate of drug-likeness (QED) is 0.511. The van der Waals surface area contributed by atoms with Gasteiger partial charge in [-0.1, -0.05) is 36.4 Å². The molecule has 140 valence electrons. The van der Waals surface area contributed by atoms with Crippen molar-refractivity contribution in [3.05, 3.63) is 70.3 Å². The molecule has 0 spiro atoms. The Morgan fingerprint density at radius 1 is 1.07 bits per heavy atom. The first-order valence-corrected chi connectivity index (χ1v) is 9.98. The van der Waals surface area contributed by atoms with Gasteiger partial charge >= 0.3 is 5.69 Å². The van der Waals surface area contributed by atoms with Gasteiger partial charge in [0.15, 0.2) is 9.84 Å². The van der Waals surface area contributed by atoms with Crippen LogP contribution >= 0.6 is 0 Å². The maximum atomic E-state index is 11.9. The lowest BCUT2D eigenvalue weighted by Gasteiger charge is -2.14. The number of nitrogens with one attached hydrogen (secondary N) is 1. The largest absolute Gasteiger partial charge is 0.496 e.